The van der Waals surface area contributed by atoms with E-state index in [0.29, 0.717) is 24.3 Å². The summed E-state index contributed by atoms with van der Waals surface area (Å²) in [5.74, 6) is -0.0753. The van der Waals surface area contributed by atoms with E-state index in [1.807, 2.05) is 12.1 Å². The van der Waals surface area contributed by atoms with E-state index in [-0.39, 0.29) is 11.5 Å². The van der Waals surface area contributed by atoms with E-state index >= 15 is 0 Å². The fourth-order valence-electron chi connectivity index (χ4n) is 2.66. The highest BCUT2D eigenvalue weighted by Gasteiger charge is 2.21. The molecule has 3 rings (SSSR count). The molecule has 1 amide bonds. The number of aryl methyl sites for hydroxylation is 1. The molecule has 2 aromatic rings. The average molecular weight is 268 g/mol. The second kappa shape index (κ2) is 4.96. The summed E-state index contributed by atoms with van der Waals surface area (Å²) < 4.78 is 0. The summed E-state index contributed by atoms with van der Waals surface area (Å²) in [6.45, 7) is 3.09. The Morgan fingerprint density at radius 3 is 2.70 bits per heavy atom. The van der Waals surface area contributed by atoms with Gasteiger partial charge >= 0.3 is 0 Å². The molecule has 0 atom stereocenters. The number of pyridine rings is 1. The van der Waals surface area contributed by atoms with E-state index in [2.05, 4.69) is 17.1 Å². The first-order valence-corrected chi connectivity index (χ1v) is 6.70. The Kier molecular flexibility index (Phi) is 3.14. The van der Waals surface area contributed by atoms with Crippen LogP contribution in [0.5, 0.6) is 0 Å². The molecule has 2 heterocycles. The first-order valence-electron chi connectivity index (χ1n) is 6.70. The second-order valence-corrected chi connectivity index (χ2v) is 5.16. The topological polar surface area (TPSA) is 53.2 Å². The van der Waals surface area contributed by atoms with Gasteiger partial charge < -0.3 is 9.88 Å². The van der Waals surface area contributed by atoms with E-state index in [1.54, 1.807) is 17.9 Å². The minimum Gasteiger partial charge on any atom is -0.334 e. The van der Waals surface area contributed by atoms with Crippen LogP contribution in [0.25, 0.3) is 0 Å². The molecule has 0 saturated carbocycles. The van der Waals surface area contributed by atoms with Crippen LogP contribution in [0.1, 0.15) is 27.2 Å². The van der Waals surface area contributed by atoms with Gasteiger partial charge in [-0.1, -0.05) is 24.3 Å². The molecule has 4 nitrogen and oxygen atoms in total. The second-order valence-electron chi connectivity index (χ2n) is 5.16. The minimum absolute atomic E-state index is 0.0753. The zero-order valence-corrected chi connectivity index (χ0v) is 11.3. The van der Waals surface area contributed by atoms with Crippen LogP contribution in [0.3, 0.4) is 0 Å². The summed E-state index contributed by atoms with van der Waals surface area (Å²) in [4.78, 5) is 28.4. The van der Waals surface area contributed by atoms with E-state index in [4.69, 9.17) is 0 Å². The summed E-state index contributed by atoms with van der Waals surface area (Å²) >= 11 is 0. The number of aromatic amines is 1. The lowest BCUT2D eigenvalue weighted by atomic mass is 9.99. The summed E-state index contributed by atoms with van der Waals surface area (Å²) in [6.07, 6.45) is 0.865. The van der Waals surface area contributed by atoms with Crippen molar-refractivity contribution >= 4 is 5.91 Å². The molecule has 0 radical (unpaired) electrons. The minimum atomic E-state index is -0.231. The molecule has 1 aromatic carbocycles. The Balaban J connectivity index is 1.87. The Labute approximate surface area is 117 Å². The van der Waals surface area contributed by atoms with Crippen LogP contribution in [0.4, 0.5) is 0 Å². The lowest BCUT2D eigenvalue weighted by Crippen LogP contribution is -2.36. The maximum atomic E-state index is 12.5. The molecule has 1 aliphatic heterocycles. The van der Waals surface area contributed by atoms with Crippen LogP contribution in [0, 0.1) is 6.92 Å². The Bertz CT molecular complexity index is 718. The standard InChI is InChI=1S/C16H16N2O2/c1-11-8-14(9-15(19)17-11)16(20)18-7-6-12-4-2-3-5-13(12)10-18/h2-5,8-9H,6-7,10H2,1H3,(H,17,19). The Morgan fingerprint density at radius 1 is 1.20 bits per heavy atom. The van der Waals surface area contributed by atoms with E-state index in [0.717, 1.165) is 6.42 Å². The molecule has 0 unspecified atom stereocenters. The van der Waals surface area contributed by atoms with Crippen molar-refractivity contribution in [2.24, 2.45) is 0 Å². The zero-order chi connectivity index (χ0) is 14.1. The normalized spacial score (nSPS) is 13.9. The van der Waals surface area contributed by atoms with Gasteiger partial charge in [-0.3, -0.25) is 9.59 Å². The summed E-state index contributed by atoms with van der Waals surface area (Å²) in [7, 11) is 0. The summed E-state index contributed by atoms with van der Waals surface area (Å²) in [5, 5.41) is 0. The van der Waals surface area contributed by atoms with Gasteiger partial charge in [-0.2, -0.15) is 0 Å². The molecule has 1 aliphatic rings. The van der Waals surface area contributed by atoms with Gasteiger partial charge in [0.15, 0.2) is 0 Å². The number of rotatable bonds is 1. The predicted octanol–water partition coefficient (Wildman–Crippen LogP) is 1.88. The Morgan fingerprint density at radius 2 is 1.95 bits per heavy atom. The van der Waals surface area contributed by atoms with Crippen molar-refractivity contribution in [1.82, 2.24) is 9.88 Å². The third-order valence-electron chi connectivity index (χ3n) is 3.64. The SMILES string of the molecule is Cc1cc(C(=O)N2CCc3ccccc3C2)cc(=O)[nH]1. The largest absolute Gasteiger partial charge is 0.334 e. The van der Waals surface area contributed by atoms with Crippen molar-refractivity contribution in [3.05, 3.63) is 69.1 Å². The molecule has 0 aliphatic carbocycles. The van der Waals surface area contributed by atoms with Gasteiger partial charge in [-0.15, -0.1) is 0 Å². The fourth-order valence-corrected chi connectivity index (χ4v) is 2.66. The number of benzene rings is 1. The number of carbonyl (C=O) groups excluding carboxylic acids is 1. The molecular weight excluding hydrogens is 252 g/mol. The van der Waals surface area contributed by atoms with Crippen molar-refractivity contribution < 1.29 is 4.79 Å². The van der Waals surface area contributed by atoms with Crippen molar-refractivity contribution in [3.8, 4) is 0 Å². The van der Waals surface area contributed by atoms with Crippen LogP contribution in [-0.2, 0) is 13.0 Å². The summed E-state index contributed by atoms with van der Waals surface area (Å²) in [6, 6.07) is 11.3. The number of fused-ring (bicyclic) bond motifs is 1. The van der Waals surface area contributed by atoms with Crippen LogP contribution in [-0.4, -0.2) is 22.3 Å². The molecule has 1 aromatic heterocycles. The van der Waals surface area contributed by atoms with Gasteiger partial charge in [0, 0.05) is 30.4 Å². The number of aromatic nitrogens is 1. The third-order valence-corrected chi connectivity index (χ3v) is 3.64. The molecule has 20 heavy (non-hydrogen) atoms. The van der Waals surface area contributed by atoms with Crippen molar-refractivity contribution in [2.75, 3.05) is 6.54 Å². The third kappa shape index (κ3) is 2.37. The number of nitrogens with one attached hydrogen (secondary N) is 1. The smallest absolute Gasteiger partial charge is 0.254 e. The summed E-state index contributed by atoms with van der Waals surface area (Å²) in [5.41, 5.74) is 3.43. The molecule has 102 valence electrons. The fraction of sp³-hybridized carbons (Fsp3) is 0.250. The van der Waals surface area contributed by atoms with Crippen LogP contribution in [0.15, 0.2) is 41.2 Å². The lowest BCUT2D eigenvalue weighted by Gasteiger charge is -2.29. The Hall–Kier alpha value is -2.36. The number of hydrogen-bond donors (Lipinski definition) is 1. The van der Waals surface area contributed by atoms with E-state index in [9.17, 15) is 9.59 Å². The molecule has 0 bridgehead atoms. The van der Waals surface area contributed by atoms with Crippen molar-refractivity contribution in [2.45, 2.75) is 19.9 Å². The van der Waals surface area contributed by atoms with Gasteiger partial charge in [0.1, 0.15) is 0 Å². The molecule has 4 heteroatoms. The van der Waals surface area contributed by atoms with E-state index < -0.39 is 0 Å². The average Bonchev–Trinajstić information content (AvgIpc) is 2.45. The number of hydrogen-bond acceptors (Lipinski definition) is 2. The number of nitrogens with zero attached hydrogens (tertiary/aromatic N) is 1. The maximum absolute atomic E-state index is 12.5. The van der Waals surface area contributed by atoms with Gasteiger partial charge in [-0.05, 0) is 30.5 Å². The first-order chi connectivity index (χ1) is 9.63. The van der Waals surface area contributed by atoms with Crippen LogP contribution < -0.4 is 5.56 Å². The van der Waals surface area contributed by atoms with Crippen LogP contribution >= 0.6 is 0 Å². The molecular formula is C16H16N2O2. The lowest BCUT2D eigenvalue weighted by molar-refractivity contribution is 0.0734. The number of H-pyrrole nitrogens is 1. The van der Waals surface area contributed by atoms with E-state index in [1.165, 1.54) is 17.2 Å². The van der Waals surface area contributed by atoms with Crippen molar-refractivity contribution in [3.63, 3.8) is 0 Å². The van der Waals surface area contributed by atoms with Crippen molar-refractivity contribution in [1.29, 1.82) is 0 Å². The maximum Gasteiger partial charge on any atom is 0.254 e. The zero-order valence-electron chi connectivity index (χ0n) is 11.3. The quantitative estimate of drug-likeness (QED) is 0.858. The first kappa shape index (κ1) is 12.7. The number of amides is 1. The van der Waals surface area contributed by atoms with Gasteiger partial charge in [-0.25, -0.2) is 0 Å². The molecule has 1 N–H and O–H groups in total. The highest BCUT2D eigenvalue weighted by Crippen LogP contribution is 2.20. The highest BCUT2D eigenvalue weighted by atomic mass is 16.2. The molecule has 0 fully saturated rings. The van der Waals surface area contributed by atoms with Gasteiger partial charge in [0.2, 0.25) is 5.56 Å². The van der Waals surface area contributed by atoms with Gasteiger partial charge in [0.05, 0.1) is 0 Å². The van der Waals surface area contributed by atoms with Crippen LogP contribution in [0.2, 0.25) is 0 Å². The molecule has 0 saturated heterocycles. The highest BCUT2D eigenvalue weighted by molar-refractivity contribution is 5.94. The monoisotopic (exact) mass is 268 g/mol. The predicted molar refractivity (Wildman–Crippen MR) is 76.7 cm³/mol. The number of carbonyl (C=O) groups is 1. The van der Waals surface area contributed by atoms with Gasteiger partial charge in [0.25, 0.3) is 5.91 Å². The molecule has 0 spiro atoms.